The highest BCUT2D eigenvalue weighted by molar-refractivity contribution is 7.98. The van der Waals surface area contributed by atoms with Crippen molar-refractivity contribution < 1.29 is 14.2 Å². The Bertz CT molecular complexity index is 1430. The number of benzene rings is 1. The summed E-state index contributed by atoms with van der Waals surface area (Å²) >= 11 is 1.60. The highest BCUT2D eigenvalue weighted by Crippen LogP contribution is 2.27. The van der Waals surface area contributed by atoms with Crippen molar-refractivity contribution in [2.45, 2.75) is 36.6 Å². The zero-order chi connectivity index (χ0) is 27.0. The number of anilines is 1. The number of piperidine rings is 1. The van der Waals surface area contributed by atoms with E-state index in [0.717, 1.165) is 47.8 Å². The Kier molecular flexibility index (Phi) is 8.43. The van der Waals surface area contributed by atoms with Gasteiger partial charge in [0.05, 0.1) is 24.0 Å². The maximum Gasteiger partial charge on any atom is 0.293 e. The van der Waals surface area contributed by atoms with Gasteiger partial charge < -0.3 is 10.5 Å². The molecule has 202 valence electrons. The van der Waals surface area contributed by atoms with Crippen LogP contribution in [0.5, 0.6) is 5.75 Å². The number of aromatic nitrogens is 6. The first-order valence-electron chi connectivity index (χ1n) is 12.4. The van der Waals surface area contributed by atoms with E-state index in [9.17, 15) is 4.79 Å². The van der Waals surface area contributed by atoms with Gasteiger partial charge in [0.1, 0.15) is 5.75 Å². The van der Waals surface area contributed by atoms with E-state index in [1.54, 1.807) is 31.3 Å². The smallest absolute Gasteiger partial charge is 0.293 e. The minimum absolute atomic E-state index is 0.0568. The fourth-order valence-electron chi connectivity index (χ4n) is 4.25. The summed E-state index contributed by atoms with van der Waals surface area (Å²) in [6, 6.07) is 11.5. The molecule has 0 unspecified atom stereocenters. The van der Waals surface area contributed by atoms with E-state index in [1.165, 1.54) is 11.1 Å². The van der Waals surface area contributed by atoms with Crippen LogP contribution in [0.15, 0.2) is 57.4 Å². The Labute approximate surface area is 228 Å². The molecule has 1 aromatic carbocycles. The maximum absolute atomic E-state index is 13.1. The summed E-state index contributed by atoms with van der Waals surface area (Å²) in [7, 11) is 1.63. The molecule has 1 saturated heterocycles. The van der Waals surface area contributed by atoms with Gasteiger partial charge in [0.25, 0.3) is 5.91 Å². The number of nitrogens with two attached hydrogens (primary N) is 1. The number of likely N-dealkylation sites (tertiary alicyclic amines) is 1. The van der Waals surface area contributed by atoms with Gasteiger partial charge in [0.2, 0.25) is 11.6 Å². The molecule has 4 heterocycles. The second-order valence-electron chi connectivity index (χ2n) is 8.83. The first kappa shape index (κ1) is 26.3. The number of pyridine rings is 1. The van der Waals surface area contributed by atoms with Crippen molar-refractivity contribution in [2.75, 3.05) is 25.9 Å². The molecule has 0 bridgehead atoms. The van der Waals surface area contributed by atoms with Crippen LogP contribution in [0.4, 0.5) is 5.82 Å². The maximum atomic E-state index is 13.1. The third kappa shape index (κ3) is 6.41. The lowest BCUT2D eigenvalue weighted by molar-refractivity contribution is 0.0947. The molecule has 0 aliphatic carbocycles. The fourth-order valence-corrected chi connectivity index (χ4v) is 5.09. The molecule has 3 N–H and O–H groups in total. The minimum Gasteiger partial charge on any atom is -0.496 e. The van der Waals surface area contributed by atoms with Crippen LogP contribution >= 0.6 is 11.8 Å². The summed E-state index contributed by atoms with van der Waals surface area (Å²) in [6.45, 7) is 2.27. The number of methoxy groups -OCH3 is 1. The van der Waals surface area contributed by atoms with Crippen LogP contribution in [0.1, 0.15) is 46.6 Å². The number of hydrogen-bond donors (Lipinski definition) is 2. The molecule has 0 spiro atoms. The van der Waals surface area contributed by atoms with Gasteiger partial charge in [0, 0.05) is 24.1 Å². The monoisotopic (exact) mass is 548 g/mol. The Balaban J connectivity index is 1.31. The Morgan fingerprint density at radius 3 is 2.85 bits per heavy atom. The number of rotatable bonds is 10. The summed E-state index contributed by atoms with van der Waals surface area (Å²) in [6.07, 6.45) is 6.70. The Morgan fingerprint density at radius 1 is 1.23 bits per heavy atom. The topological polar surface area (TPSA) is 162 Å². The average molecular weight is 549 g/mol. The zero-order valence-corrected chi connectivity index (χ0v) is 22.2. The third-order valence-electron chi connectivity index (χ3n) is 6.19. The zero-order valence-electron chi connectivity index (χ0n) is 21.4. The third-order valence-corrected chi connectivity index (χ3v) is 7.19. The van der Waals surface area contributed by atoms with Crippen LogP contribution < -0.4 is 15.9 Å². The Hall–Kier alpha value is -4.30. The summed E-state index contributed by atoms with van der Waals surface area (Å²) in [4.78, 5) is 19.7. The van der Waals surface area contributed by atoms with E-state index in [2.05, 4.69) is 41.0 Å². The van der Waals surface area contributed by atoms with Gasteiger partial charge in [-0.05, 0) is 72.1 Å². The predicted octanol–water partition coefficient (Wildman–Crippen LogP) is 2.68. The summed E-state index contributed by atoms with van der Waals surface area (Å²) < 4.78 is 11.6. The van der Waals surface area contributed by atoms with Crippen LogP contribution in [0.3, 0.4) is 0 Å². The lowest BCUT2D eigenvalue weighted by Gasteiger charge is -2.26. The number of ether oxygens (including phenoxy) is 1. The van der Waals surface area contributed by atoms with Gasteiger partial charge in [-0.25, -0.2) is 15.0 Å². The van der Waals surface area contributed by atoms with E-state index in [-0.39, 0.29) is 17.3 Å². The lowest BCUT2D eigenvalue weighted by atomic mass is 10.1. The predicted molar refractivity (Wildman–Crippen MR) is 145 cm³/mol. The van der Waals surface area contributed by atoms with Crippen LogP contribution in [0.2, 0.25) is 0 Å². The van der Waals surface area contributed by atoms with Gasteiger partial charge in [0.15, 0.2) is 5.69 Å². The highest BCUT2D eigenvalue weighted by Gasteiger charge is 2.26. The van der Waals surface area contributed by atoms with Gasteiger partial charge in [-0.1, -0.05) is 17.7 Å². The molecular weight excluding hydrogens is 520 g/mol. The SMILES string of the molecule is COc1ccc(/C=N\NC(=O)c2nnn(-c3nonc3N)c2CN2CCCCC2)cc1CSc1ccccn1. The summed E-state index contributed by atoms with van der Waals surface area (Å²) in [5.41, 5.74) is 10.9. The second kappa shape index (κ2) is 12.5. The molecule has 1 aliphatic heterocycles. The number of carbonyl (C=O) groups excluding carboxylic acids is 1. The van der Waals surface area contributed by atoms with E-state index in [4.69, 9.17) is 15.1 Å². The largest absolute Gasteiger partial charge is 0.496 e. The molecule has 4 aromatic rings. The van der Waals surface area contributed by atoms with Crippen molar-refractivity contribution in [1.29, 1.82) is 0 Å². The summed E-state index contributed by atoms with van der Waals surface area (Å²) in [5, 5.41) is 20.7. The average Bonchev–Trinajstić information content (AvgIpc) is 3.58. The number of amides is 1. The van der Waals surface area contributed by atoms with Gasteiger partial charge in [-0.3, -0.25) is 9.69 Å². The highest BCUT2D eigenvalue weighted by atomic mass is 32.2. The van der Waals surface area contributed by atoms with E-state index < -0.39 is 5.91 Å². The molecule has 0 radical (unpaired) electrons. The van der Waals surface area contributed by atoms with E-state index in [1.807, 2.05) is 36.4 Å². The normalized spacial score (nSPS) is 14.1. The standard InChI is InChI=1S/C25H28N10O3S/c1-37-20-9-8-17(13-18(20)16-39-21-7-3-4-10-27-21)14-28-30-25(36)22-19(15-34-11-5-2-6-12-34)35(33-29-22)24-23(26)31-38-32-24/h3-4,7-10,13-14H,2,5-6,11-12,15-16H2,1H3,(H2,26,31)(H,30,36)/b28-14-. The molecule has 5 rings (SSSR count). The van der Waals surface area contributed by atoms with Crippen LogP contribution in [0.25, 0.3) is 5.82 Å². The molecule has 14 heteroatoms. The first-order valence-corrected chi connectivity index (χ1v) is 13.4. The molecule has 0 saturated carbocycles. The molecule has 1 aliphatic rings. The minimum atomic E-state index is -0.501. The number of hydrazone groups is 1. The molecule has 1 amide bonds. The van der Waals surface area contributed by atoms with E-state index in [0.29, 0.717) is 18.0 Å². The first-order chi connectivity index (χ1) is 19.1. The van der Waals surface area contributed by atoms with Crippen molar-refractivity contribution in [2.24, 2.45) is 5.10 Å². The van der Waals surface area contributed by atoms with Crippen molar-refractivity contribution in [3.05, 3.63) is 65.1 Å². The molecule has 3 aromatic heterocycles. The van der Waals surface area contributed by atoms with Crippen molar-refractivity contribution in [3.8, 4) is 11.6 Å². The molecule has 13 nitrogen and oxygen atoms in total. The molecule has 0 atom stereocenters. The number of nitrogens with one attached hydrogen (secondary N) is 1. The van der Waals surface area contributed by atoms with Crippen LogP contribution in [-0.4, -0.2) is 67.5 Å². The fraction of sp³-hybridized carbons (Fsp3) is 0.320. The number of thioether (sulfide) groups is 1. The molecule has 39 heavy (non-hydrogen) atoms. The number of carbonyl (C=O) groups is 1. The van der Waals surface area contributed by atoms with E-state index >= 15 is 0 Å². The second-order valence-corrected chi connectivity index (χ2v) is 9.83. The van der Waals surface area contributed by atoms with Crippen LogP contribution in [-0.2, 0) is 12.3 Å². The van der Waals surface area contributed by atoms with Crippen molar-refractivity contribution in [3.63, 3.8) is 0 Å². The van der Waals surface area contributed by atoms with Crippen molar-refractivity contribution >= 4 is 29.7 Å². The van der Waals surface area contributed by atoms with Crippen LogP contribution in [0, 0.1) is 0 Å². The van der Waals surface area contributed by atoms with Gasteiger partial charge in [-0.15, -0.1) is 16.9 Å². The van der Waals surface area contributed by atoms with Crippen molar-refractivity contribution in [1.82, 2.24) is 40.6 Å². The molecular formula is C25H28N10O3S. The quantitative estimate of drug-likeness (QED) is 0.170. The lowest BCUT2D eigenvalue weighted by Crippen LogP contribution is -2.31. The Morgan fingerprint density at radius 2 is 2.10 bits per heavy atom. The number of nitrogens with zero attached hydrogens (tertiary/aromatic N) is 8. The number of hydrogen-bond acceptors (Lipinski definition) is 12. The number of nitrogen functional groups attached to an aromatic ring is 1. The molecule has 1 fully saturated rings. The van der Waals surface area contributed by atoms with Gasteiger partial charge in [-0.2, -0.15) is 9.78 Å². The summed E-state index contributed by atoms with van der Waals surface area (Å²) in [5.74, 6) is 1.17. The van der Waals surface area contributed by atoms with Gasteiger partial charge >= 0.3 is 0 Å².